The van der Waals surface area contributed by atoms with Gasteiger partial charge in [0.15, 0.2) is 0 Å². The van der Waals surface area contributed by atoms with Crippen molar-refractivity contribution in [2.45, 2.75) is 92.1 Å². The van der Waals surface area contributed by atoms with Gasteiger partial charge in [-0.1, -0.05) is 46.6 Å². The zero-order valence-corrected chi connectivity index (χ0v) is 19.6. The molecule has 2 unspecified atom stereocenters. The molecule has 154 valence electrons. The maximum atomic E-state index is 11.6. The van der Waals surface area contributed by atoms with Crippen molar-refractivity contribution in [2.75, 3.05) is 6.61 Å². The third-order valence-electron chi connectivity index (χ3n) is 4.46. The first-order valence-electron chi connectivity index (χ1n) is 10.3. The monoisotopic (exact) mass is 392 g/mol. The number of hydrogen-bond donors (Lipinski definition) is 0. The Balaban J connectivity index is 4.11. The van der Waals surface area contributed by atoms with Gasteiger partial charge in [-0.15, -0.1) is 9.24 Å². The smallest absolute Gasteiger partial charge is 0.313 e. The van der Waals surface area contributed by atoms with Crippen LogP contribution in [0.25, 0.3) is 0 Å². The topological polar surface area (TPSA) is 26.3 Å². The lowest BCUT2D eigenvalue weighted by molar-refractivity contribution is -0.142. The average molecular weight is 393 g/mol. The fourth-order valence-corrected chi connectivity index (χ4v) is 2.89. The van der Waals surface area contributed by atoms with Crippen LogP contribution in [0.3, 0.4) is 0 Å². The van der Waals surface area contributed by atoms with Crippen molar-refractivity contribution in [2.24, 2.45) is 0 Å². The maximum absolute atomic E-state index is 11.6. The molecule has 0 radical (unpaired) electrons. The van der Waals surface area contributed by atoms with Crippen molar-refractivity contribution < 1.29 is 9.53 Å². The first kappa shape index (κ1) is 25.9. The van der Waals surface area contributed by atoms with Gasteiger partial charge in [-0.05, 0) is 86.5 Å². The lowest BCUT2D eigenvalue weighted by atomic mass is 10.0. The van der Waals surface area contributed by atoms with Crippen LogP contribution < -0.4 is 0 Å². The van der Waals surface area contributed by atoms with Gasteiger partial charge in [0.1, 0.15) is 0 Å². The number of rotatable bonds is 13. The Morgan fingerprint density at radius 3 is 1.70 bits per heavy atom. The van der Waals surface area contributed by atoms with Crippen LogP contribution >= 0.6 is 9.24 Å². The van der Waals surface area contributed by atoms with Gasteiger partial charge in [-0.3, -0.25) is 4.79 Å². The van der Waals surface area contributed by atoms with Crippen LogP contribution in [0.4, 0.5) is 0 Å². The molecule has 0 N–H and O–H groups in total. The van der Waals surface area contributed by atoms with Gasteiger partial charge in [0.2, 0.25) is 0 Å². The van der Waals surface area contributed by atoms with Gasteiger partial charge in [-0.25, -0.2) is 0 Å². The molecule has 0 fully saturated rings. The summed E-state index contributed by atoms with van der Waals surface area (Å²) in [5, 5.41) is 0. The van der Waals surface area contributed by atoms with E-state index in [1.807, 2.05) is 6.92 Å². The van der Waals surface area contributed by atoms with Crippen molar-refractivity contribution in [3.05, 3.63) is 46.6 Å². The van der Waals surface area contributed by atoms with E-state index in [-0.39, 0.29) is 11.6 Å². The highest BCUT2D eigenvalue weighted by Gasteiger charge is 2.12. The second-order valence-electron chi connectivity index (χ2n) is 7.64. The van der Waals surface area contributed by atoms with E-state index < -0.39 is 0 Å². The number of ether oxygens (including phenoxy) is 1. The largest absolute Gasteiger partial charge is 0.466 e. The van der Waals surface area contributed by atoms with Gasteiger partial charge in [0, 0.05) is 0 Å². The Labute approximate surface area is 170 Å². The second-order valence-corrected chi connectivity index (χ2v) is 8.45. The molecule has 0 aromatic rings. The summed E-state index contributed by atoms with van der Waals surface area (Å²) in [4.78, 5) is 11.6. The molecule has 2 atom stereocenters. The minimum absolute atomic E-state index is 0.133. The van der Waals surface area contributed by atoms with Gasteiger partial charge >= 0.3 is 5.97 Å². The molecule has 0 aromatic carbocycles. The minimum Gasteiger partial charge on any atom is -0.466 e. The van der Waals surface area contributed by atoms with E-state index in [4.69, 9.17) is 4.74 Å². The summed E-state index contributed by atoms with van der Waals surface area (Å²) >= 11 is 0. The molecule has 3 heteroatoms. The number of carbonyl (C=O) groups is 1. The summed E-state index contributed by atoms with van der Waals surface area (Å²) in [5.74, 6) is -0.133. The highest BCUT2D eigenvalue weighted by atomic mass is 31.0. The summed E-state index contributed by atoms with van der Waals surface area (Å²) < 4.78 is 5.03. The summed E-state index contributed by atoms with van der Waals surface area (Å²) in [7, 11) is 2.58. The van der Waals surface area contributed by atoms with Crippen molar-refractivity contribution in [1.29, 1.82) is 0 Å². The molecule has 0 aliphatic rings. The second kappa shape index (κ2) is 15.9. The molecule has 0 rings (SSSR count). The van der Waals surface area contributed by atoms with Gasteiger partial charge in [-0.2, -0.15) is 0 Å². The lowest BCUT2D eigenvalue weighted by Gasteiger charge is -2.08. The van der Waals surface area contributed by atoms with Crippen LogP contribution in [-0.4, -0.2) is 18.2 Å². The number of esters is 1. The molecule has 0 aliphatic heterocycles. The predicted molar refractivity (Wildman–Crippen MR) is 123 cm³/mol. The Morgan fingerprint density at radius 2 is 1.26 bits per heavy atom. The first-order chi connectivity index (χ1) is 12.8. The zero-order chi connectivity index (χ0) is 20.7. The zero-order valence-electron chi connectivity index (χ0n) is 18.4. The van der Waals surface area contributed by atoms with E-state index in [9.17, 15) is 4.79 Å². The summed E-state index contributed by atoms with van der Waals surface area (Å²) in [6.45, 7) is 13.2. The van der Waals surface area contributed by atoms with Crippen LogP contribution in [0.15, 0.2) is 46.6 Å². The van der Waals surface area contributed by atoms with Crippen LogP contribution in [0.5, 0.6) is 0 Å². The van der Waals surface area contributed by atoms with E-state index in [1.165, 1.54) is 28.7 Å². The number of carbonyl (C=O) groups excluding carboxylic acids is 1. The van der Waals surface area contributed by atoms with Crippen LogP contribution in [0.2, 0.25) is 0 Å². The lowest BCUT2D eigenvalue weighted by Crippen LogP contribution is -2.16. The summed E-state index contributed by atoms with van der Waals surface area (Å²) in [6.07, 6.45) is 16.6. The minimum atomic E-state index is -0.135. The Bertz CT molecular complexity index is 549. The highest BCUT2D eigenvalue weighted by Crippen LogP contribution is 2.15. The average Bonchev–Trinajstić information content (AvgIpc) is 2.59. The predicted octanol–water partition coefficient (Wildman–Crippen LogP) is 7.33. The fraction of sp³-hybridized carbons (Fsp3) is 0.625. The molecule has 2 nitrogen and oxygen atoms in total. The molecular formula is C24H41O2P. The van der Waals surface area contributed by atoms with Crippen molar-refractivity contribution in [1.82, 2.24) is 0 Å². The fourth-order valence-electron chi connectivity index (χ4n) is 2.66. The first-order valence-corrected chi connectivity index (χ1v) is 10.9. The number of hydrogen-bond acceptors (Lipinski definition) is 2. The number of allylic oxidation sites excluding steroid dienone is 8. The molecule has 27 heavy (non-hydrogen) atoms. The SMILES string of the molecule is CCOC(=O)C(P)C/C=C(\C)CC/C=C(\C)CC/C=C(\C)CCC=C(C)C. The molecular weight excluding hydrogens is 351 g/mol. The molecule has 0 amide bonds. The van der Waals surface area contributed by atoms with Crippen molar-refractivity contribution >= 4 is 15.2 Å². The molecule has 0 heterocycles. The van der Waals surface area contributed by atoms with E-state index in [2.05, 4.69) is 68.2 Å². The molecule has 0 aliphatic carbocycles. The summed E-state index contributed by atoms with van der Waals surface area (Å²) in [6, 6.07) is 0. The van der Waals surface area contributed by atoms with E-state index in [0.717, 1.165) is 38.5 Å². The Hall–Kier alpha value is -1.14. The van der Waals surface area contributed by atoms with Crippen LogP contribution in [0, 0.1) is 0 Å². The van der Waals surface area contributed by atoms with E-state index >= 15 is 0 Å². The third kappa shape index (κ3) is 15.6. The van der Waals surface area contributed by atoms with Crippen molar-refractivity contribution in [3.63, 3.8) is 0 Å². The van der Waals surface area contributed by atoms with Crippen molar-refractivity contribution in [3.8, 4) is 0 Å². The van der Waals surface area contributed by atoms with E-state index in [1.54, 1.807) is 0 Å². The van der Waals surface area contributed by atoms with Gasteiger partial charge in [0.05, 0.1) is 12.3 Å². The molecule has 0 bridgehead atoms. The standard InChI is InChI=1S/C24H41O2P/c1-7-26-24(25)23(27)18-17-22(6)16-10-15-21(5)14-9-13-20(4)12-8-11-19(2)3/h11,13,15,17,23H,7-10,12,14,16,18,27H2,1-6H3/b20-13+,21-15+,22-17+. The normalized spacial score (nSPS) is 14.1. The third-order valence-corrected chi connectivity index (χ3v) is 5.01. The maximum Gasteiger partial charge on any atom is 0.313 e. The highest BCUT2D eigenvalue weighted by molar-refractivity contribution is 7.19. The van der Waals surface area contributed by atoms with E-state index in [0.29, 0.717) is 6.61 Å². The Kier molecular flexibility index (Phi) is 15.2. The van der Waals surface area contributed by atoms with Crippen LogP contribution in [0.1, 0.15) is 86.5 Å². The summed E-state index contributed by atoms with van der Waals surface area (Å²) in [5.41, 5.74) is 5.56. The molecule has 0 spiro atoms. The van der Waals surface area contributed by atoms with Gasteiger partial charge in [0.25, 0.3) is 0 Å². The Morgan fingerprint density at radius 1 is 0.815 bits per heavy atom. The van der Waals surface area contributed by atoms with Gasteiger partial charge < -0.3 is 4.74 Å². The quantitative estimate of drug-likeness (QED) is 0.186. The molecule has 0 saturated heterocycles. The molecule has 0 aromatic heterocycles. The molecule has 0 saturated carbocycles. The van der Waals surface area contributed by atoms with Crippen LogP contribution in [-0.2, 0) is 9.53 Å².